The number of carboxylic acids is 1. The minimum Gasteiger partial charge on any atom is -0.508 e. The third-order valence-electron chi connectivity index (χ3n) is 2.18. The van der Waals surface area contributed by atoms with Crippen LogP contribution in [0.2, 0.25) is 0 Å². The van der Waals surface area contributed by atoms with Gasteiger partial charge in [0.1, 0.15) is 5.75 Å². The molecule has 1 aromatic carbocycles. The fourth-order valence-corrected chi connectivity index (χ4v) is 1.60. The number of aromatic hydroxyl groups is 1. The molecule has 1 heterocycles. The summed E-state index contributed by atoms with van der Waals surface area (Å²) in [6.45, 7) is 1.69. The van der Waals surface area contributed by atoms with E-state index in [1.807, 2.05) is 0 Å². The second-order valence-corrected chi connectivity index (χ2v) is 3.16. The number of phenols is 1. The van der Waals surface area contributed by atoms with Crippen molar-refractivity contribution in [2.75, 3.05) is 0 Å². The van der Waals surface area contributed by atoms with Gasteiger partial charge in [0.05, 0.1) is 11.1 Å². The van der Waals surface area contributed by atoms with Crippen LogP contribution in [0.15, 0.2) is 18.2 Å². The van der Waals surface area contributed by atoms with E-state index in [0.717, 1.165) is 0 Å². The Kier molecular flexibility index (Phi) is 1.70. The molecule has 0 spiro atoms. The summed E-state index contributed by atoms with van der Waals surface area (Å²) in [5.41, 5.74) is 1.50. The number of hydrogen-bond acceptors (Lipinski definition) is 2. The number of carbonyl (C=O) groups is 1. The average Bonchev–Trinajstić information content (AvgIpc) is 2.39. The van der Waals surface area contributed by atoms with E-state index in [0.29, 0.717) is 16.6 Å². The molecule has 0 unspecified atom stereocenters. The molecule has 0 aliphatic carbocycles. The highest BCUT2D eigenvalue weighted by molar-refractivity contribution is 6.04. The van der Waals surface area contributed by atoms with Gasteiger partial charge in [0, 0.05) is 17.1 Å². The van der Waals surface area contributed by atoms with Crippen LogP contribution in [-0.2, 0) is 0 Å². The summed E-state index contributed by atoms with van der Waals surface area (Å²) in [7, 11) is 0. The largest absolute Gasteiger partial charge is 0.508 e. The fraction of sp³-hybridized carbons (Fsp3) is 0.100. The first-order valence-corrected chi connectivity index (χ1v) is 4.14. The molecule has 0 aliphatic heterocycles. The van der Waals surface area contributed by atoms with Crippen molar-refractivity contribution in [3.05, 3.63) is 29.5 Å². The molecule has 1 aromatic heterocycles. The monoisotopic (exact) mass is 191 g/mol. The zero-order valence-electron chi connectivity index (χ0n) is 7.53. The van der Waals surface area contributed by atoms with Gasteiger partial charge in [-0.15, -0.1) is 0 Å². The van der Waals surface area contributed by atoms with E-state index < -0.39 is 5.97 Å². The number of aromatic amines is 1. The SMILES string of the molecule is Cc1[nH]c2cc(O)ccc2c1C(=O)O. The van der Waals surface area contributed by atoms with Crippen LogP contribution in [0, 0.1) is 6.92 Å². The number of benzene rings is 1. The third kappa shape index (κ3) is 1.12. The fourth-order valence-electron chi connectivity index (χ4n) is 1.60. The predicted octanol–water partition coefficient (Wildman–Crippen LogP) is 1.88. The molecule has 4 heteroatoms. The average molecular weight is 191 g/mol. The van der Waals surface area contributed by atoms with Gasteiger partial charge in [-0.05, 0) is 19.1 Å². The van der Waals surface area contributed by atoms with E-state index in [9.17, 15) is 9.90 Å². The molecule has 0 radical (unpaired) electrons. The lowest BCUT2D eigenvalue weighted by molar-refractivity contribution is 0.0698. The predicted molar refractivity (Wildman–Crippen MR) is 51.7 cm³/mol. The van der Waals surface area contributed by atoms with Gasteiger partial charge in [0.15, 0.2) is 0 Å². The molecule has 0 fully saturated rings. The molecule has 14 heavy (non-hydrogen) atoms. The zero-order valence-corrected chi connectivity index (χ0v) is 7.53. The highest BCUT2D eigenvalue weighted by Gasteiger charge is 2.14. The van der Waals surface area contributed by atoms with Gasteiger partial charge in [-0.3, -0.25) is 0 Å². The van der Waals surface area contributed by atoms with Crippen molar-refractivity contribution in [2.24, 2.45) is 0 Å². The van der Waals surface area contributed by atoms with Crippen LogP contribution in [0.1, 0.15) is 16.1 Å². The minimum atomic E-state index is -0.959. The third-order valence-corrected chi connectivity index (χ3v) is 2.18. The van der Waals surface area contributed by atoms with E-state index in [-0.39, 0.29) is 11.3 Å². The highest BCUT2D eigenvalue weighted by Crippen LogP contribution is 2.25. The smallest absolute Gasteiger partial charge is 0.338 e. The highest BCUT2D eigenvalue weighted by atomic mass is 16.4. The van der Waals surface area contributed by atoms with E-state index in [4.69, 9.17) is 5.11 Å². The Morgan fingerprint density at radius 2 is 2.14 bits per heavy atom. The molecule has 0 saturated carbocycles. The molecule has 2 aromatic rings. The van der Waals surface area contributed by atoms with Crippen LogP contribution in [-0.4, -0.2) is 21.2 Å². The van der Waals surface area contributed by atoms with Gasteiger partial charge >= 0.3 is 5.97 Å². The maximum Gasteiger partial charge on any atom is 0.338 e. The lowest BCUT2D eigenvalue weighted by atomic mass is 10.1. The number of aryl methyl sites for hydroxylation is 1. The number of hydrogen-bond donors (Lipinski definition) is 3. The Morgan fingerprint density at radius 3 is 2.79 bits per heavy atom. The van der Waals surface area contributed by atoms with Gasteiger partial charge in [0.2, 0.25) is 0 Å². The normalized spacial score (nSPS) is 10.6. The maximum absolute atomic E-state index is 10.9. The molecule has 2 rings (SSSR count). The van der Waals surface area contributed by atoms with Crippen molar-refractivity contribution in [2.45, 2.75) is 6.92 Å². The Morgan fingerprint density at radius 1 is 1.43 bits per heavy atom. The summed E-state index contributed by atoms with van der Waals surface area (Å²) in [4.78, 5) is 13.8. The van der Waals surface area contributed by atoms with Gasteiger partial charge < -0.3 is 15.2 Å². The van der Waals surface area contributed by atoms with Crippen LogP contribution in [0.4, 0.5) is 0 Å². The lowest BCUT2D eigenvalue weighted by Crippen LogP contribution is -1.96. The summed E-state index contributed by atoms with van der Waals surface area (Å²) < 4.78 is 0. The minimum absolute atomic E-state index is 0.121. The van der Waals surface area contributed by atoms with Gasteiger partial charge in [-0.1, -0.05) is 0 Å². The summed E-state index contributed by atoms with van der Waals surface area (Å²) in [5, 5.41) is 18.8. The Bertz CT molecular complexity index is 513. The van der Waals surface area contributed by atoms with Crippen molar-refractivity contribution in [3.8, 4) is 5.75 Å². The van der Waals surface area contributed by atoms with E-state index in [1.54, 1.807) is 13.0 Å². The van der Waals surface area contributed by atoms with Crippen molar-refractivity contribution < 1.29 is 15.0 Å². The zero-order chi connectivity index (χ0) is 10.3. The summed E-state index contributed by atoms with van der Waals surface area (Å²) in [6.07, 6.45) is 0. The Balaban J connectivity index is 2.84. The molecule has 0 bridgehead atoms. The second kappa shape index (κ2) is 2.77. The van der Waals surface area contributed by atoms with Crippen LogP contribution >= 0.6 is 0 Å². The molecule has 4 nitrogen and oxygen atoms in total. The molecular formula is C10H9NO3. The van der Waals surface area contributed by atoms with Crippen LogP contribution in [0.25, 0.3) is 10.9 Å². The van der Waals surface area contributed by atoms with Crippen LogP contribution in [0.3, 0.4) is 0 Å². The number of H-pyrrole nitrogens is 1. The molecule has 0 atom stereocenters. The number of rotatable bonds is 1. The molecule has 3 N–H and O–H groups in total. The first-order chi connectivity index (χ1) is 6.59. The molecule has 0 amide bonds. The number of nitrogens with one attached hydrogen (secondary N) is 1. The van der Waals surface area contributed by atoms with Crippen molar-refractivity contribution >= 4 is 16.9 Å². The van der Waals surface area contributed by atoms with Gasteiger partial charge in [0.25, 0.3) is 0 Å². The lowest BCUT2D eigenvalue weighted by Gasteiger charge is -1.93. The maximum atomic E-state index is 10.9. The van der Waals surface area contributed by atoms with Crippen molar-refractivity contribution in [1.29, 1.82) is 0 Å². The standard InChI is InChI=1S/C10H9NO3/c1-5-9(10(13)14)7-3-2-6(12)4-8(7)11-5/h2-4,11-12H,1H3,(H,13,14). The molecule has 0 saturated heterocycles. The number of aromatic carboxylic acids is 1. The van der Waals surface area contributed by atoms with Gasteiger partial charge in [-0.25, -0.2) is 4.79 Å². The van der Waals surface area contributed by atoms with E-state index >= 15 is 0 Å². The first kappa shape index (κ1) is 8.62. The second-order valence-electron chi connectivity index (χ2n) is 3.16. The summed E-state index contributed by atoms with van der Waals surface area (Å²) in [5.74, 6) is -0.838. The van der Waals surface area contributed by atoms with Crippen molar-refractivity contribution in [3.63, 3.8) is 0 Å². The van der Waals surface area contributed by atoms with Crippen molar-refractivity contribution in [1.82, 2.24) is 4.98 Å². The summed E-state index contributed by atoms with van der Waals surface area (Å²) in [6, 6.07) is 4.58. The number of carboxylic acid groups (broad SMARTS) is 1. The molecular weight excluding hydrogens is 182 g/mol. The van der Waals surface area contributed by atoms with Gasteiger partial charge in [-0.2, -0.15) is 0 Å². The summed E-state index contributed by atoms with van der Waals surface area (Å²) >= 11 is 0. The topological polar surface area (TPSA) is 73.3 Å². The number of phenolic OH excluding ortho intramolecular Hbond substituents is 1. The molecule has 72 valence electrons. The Labute approximate surface area is 79.8 Å². The van der Waals surface area contributed by atoms with E-state index in [2.05, 4.69) is 4.98 Å². The van der Waals surface area contributed by atoms with Crippen LogP contribution < -0.4 is 0 Å². The first-order valence-electron chi connectivity index (χ1n) is 4.14. The Hall–Kier alpha value is -1.97. The number of aromatic nitrogens is 1. The molecule has 0 aliphatic rings. The quantitative estimate of drug-likeness (QED) is 0.644. The van der Waals surface area contributed by atoms with E-state index in [1.165, 1.54) is 12.1 Å². The number of fused-ring (bicyclic) bond motifs is 1. The van der Waals surface area contributed by atoms with Crippen LogP contribution in [0.5, 0.6) is 5.75 Å².